The first kappa shape index (κ1) is 32.9. The fraction of sp³-hybridized carbons (Fsp3) is 0.629. The largest absolute Gasteiger partial charge is 0.497 e. The van der Waals surface area contributed by atoms with Crippen molar-refractivity contribution in [3.8, 4) is 5.75 Å². The van der Waals surface area contributed by atoms with E-state index in [9.17, 15) is 13.2 Å². The number of carbonyl (C=O) groups excluding carboxylic acids is 1. The molecule has 44 heavy (non-hydrogen) atoms. The van der Waals surface area contributed by atoms with E-state index in [0.717, 1.165) is 32.2 Å². The number of benzene rings is 2. The highest BCUT2D eigenvalue weighted by atomic mass is 32.2. The molecule has 8 nitrogen and oxygen atoms in total. The standard InChI is InChI=1S/C35H51N3O5S/c1-27-23-32(42-4)24-28(2)34(27)44(40,41)38-21-9-8-13-31(38)25-43-26-33(39)36(3)22-16-29-14-17-35(18-15-29,37-19-10-20-37)30-11-6-5-7-12-30/h5-7,11-12,23-24,29,31H,8-10,13-22,25-26H2,1-4H3. The third-order valence-corrected chi connectivity index (χ3v) is 12.6. The lowest BCUT2D eigenvalue weighted by atomic mass is 9.70. The Morgan fingerprint density at radius 3 is 2.27 bits per heavy atom. The predicted molar refractivity (Wildman–Crippen MR) is 173 cm³/mol. The molecule has 3 aliphatic rings. The van der Waals surface area contributed by atoms with Crippen LogP contribution in [0.1, 0.15) is 74.5 Å². The Balaban J connectivity index is 1.10. The first-order valence-electron chi connectivity index (χ1n) is 16.4. The predicted octanol–water partition coefficient (Wildman–Crippen LogP) is 5.51. The number of likely N-dealkylation sites (tertiary alicyclic amines) is 1. The van der Waals surface area contributed by atoms with Crippen LogP contribution in [-0.4, -0.2) is 88.0 Å². The molecule has 1 saturated carbocycles. The number of sulfonamides is 1. The van der Waals surface area contributed by atoms with Crippen molar-refractivity contribution in [3.05, 3.63) is 59.2 Å². The first-order valence-corrected chi connectivity index (χ1v) is 17.9. The molecule has 1 atom stereocenters. The lowest BCUT2D eigenvalue weighted by molar-refractivity contribution is -0.135. The molecule has 1 aliphatic carbocycles. The van der Waals surface area contributed by atoms with Crippen molar-refractivity contribution in [3.63, 3.8) is 0 Å². The van der Waals surface area contributed by atoms with E-state index in [1.54, 1.807) is 28.4 Å². The van der Waals surface area contributed by atoms with Crippen molar-refractivity contribution >= 4 is 15.9 Å². The number of piperidine rings is 1. The third-order valence-electron chi connectivity index (χ3n) is 10.3. The molecule has 3 fully saturated rings. The number of nitrogens with zero attached hydrogens (tertiary/aromatic N) is 3. The van der Waals surface area contributed by atoms with Gasteiger partial charge < -0.3 is 14.4 Å². The highest BCUT2D eigenvalue weighted by molar-refractivity contribution is 7.89. The molecule has 9 heteroatoms. The van der Waals surface area contributed by atoms with E-state index < -0.39 is 10.0 Å². The Kier molecular flexibility index (Phi) is 10.7. The SMILES string of the molecule is COc1cc(C)c(S(=O)(=O)N2CCCCC2COCC(=O)N(C)CCC2CCC(c3ccccc3)(N3CCC3)CC2)c(C)c1. The van der Waals surface area contributed by atoms with E-state index in [-0.39, 0.29) is 30.7 Å². The maximum atomic E-state index is 13.8. The molecule has 1 amide bonds. The van der Waals surface area contributed by atoms with Crippen LogP contribution in [0.2, 0.25) is 0 Å². The Morgan fingerprint density at radius 2 is 1.66 bits per heavy atom. The number of likely N-dealkylation sites (N-methyl/N-ethyl adjacent to an activating group) is 1. The molecule has 2 aliphatic heterocycles. The van der Waals surface area contributed by atoms with Gasteiger partial charge in [-0.2, -0.15) is 4.31 Å². The van der Waals surface area contributed by atoms with Crippen LogP contribution in [0.4, 0.5) is 0 Å². The molecule has 0 aromatic heterocycles. The average Bonchev–Trinajstić information content (AvgIpc) is 2.99. The van der Waals surface area contributed by atoms with Crippen LogP contribution >= 0.6 is 0 Å². The average molecular weight is 626 g/mol. The summed E-state index contributed by atoms with van der Waals surface area (Å²) in [6.45, 7) is 7.38. The van der Waals surface area contributed by atoms with Gasteiger partial charge in [-0.15, -0.1) is 0 Å². The zero-order valence-corrected chi connectivity index (χ0v) is 27.9. The maximum absolute atomic E-state index is 13.8. The third kappa shape index (κ3) is 7.01. The van der Waals surface area contributed by atoms with E-state index >= 15 is 0 Å². The van der Waals surface area contributed by atoms with Gasteiger partial charge in [-0.1, -0.05) is 36.8 Å². The molecule has 2 aromatic rings. The number of hydrogen-bond acceptors (Lipinski definition) is 6. The summed E-state index contributed by atoms with van der Waals surface area (Å²) in [7, 11) is -0.276. The fourth-order valence-electron chi connectivity index (χ4n) is 7.63. The quantitative estimate of drug-likeness (QED) is 0.310. The Labute approximate surface area is 264 Å². The van der Waals surface area contributed by atoms with Crippen LogP contribution in [0.25, 0.3) is 0 Å². The summed E-state index contributed by atoms with van der Waals surface area (Å²) in [5.74, 6) is 1.22. The molecule has 5 rings (SSSR count). The molecule has 0 N–H and O–H groups in total. The van der Waals surface area contributed by atoms with Crippen molar-refractivity contribution in [2.45, 2.75) is 88.1 Å². The smallest absolute Gasteiger partial charge is 0.248 e. The molecular formula is C35H51N3O5S. The van der Waals surface area contributed by atoms with E-state index in [1.807, 2.05) is 20.9 Å². The topological polar surface area (TPSA) is 79.4 Å². The minimum atomic E-state index is -3.72. The van der Waals surface area contributed by atoms with E-state index in [1.165, 1.54) is 50.8 Å². The molecule has 0 spiro atoms. The number of aryl methyl sites for hydroxylation is 2. The molecular weight excluding hydrogens is 574 g/mol. The minimum Gasteiger partial charge on any atom is -0.497 e. The number of methoxy groups -OCH3 is 1. The maximum Gasteiger partial charge on any atom is 0.248 e. The highest BCUT2D eigenvalue weighted by Gasteiger charge is 2.43. The summed E-state index contributed by atoms with van der Waals surface area (Å²) in [6, 6.07) is 14.3. The van der Waals surface area contributed by atoms with Gasteiger partial charge in [-0.3, -0.25) is 9.69 Å². The van der Waals surface area contributed by atoms with Crippen molar-refractivity contribution in [1.29, 1.82) is 0 Å². The second-order valence-corrected chi connectivity index (χ2v) is 15.0. The van der Waals surface area contributed by atoms with E-state index in [4.69, 9.17) is 9.47 Å². The zero-order valence-electron chi connectivity index (χ0n) is 27.1. The highest BCUT2D eigenvalue weighted by Crippen LogP contribution is 2.46. The van der Waals surface area contributed by atoms with Crippen molar-refractivity contribution in [2.24, 2.45) is 5.92 Å². The van der Waals surface area contributed by atoms with Gasteiger partial charge in [0.05, 0.1) is 18.6 Å². The van der Waals surface area contributed by atoms with Crippen LogP contribution in [0.3, 0.4) is 0 Å². The van der Waals surface area contributed by atoms with Gasteiger partial charge in [0.25, 0.3) is 0 Å². The summed E-state index contributed by atoms with van der Waals surface area (Å²) in [5.41, 5.74) is 2.99. The van der Waals surface area contributed by atoms with Gasteiger partial charge in [0.1, 0.15) is 12.4 Å². The monoisotopic (exact) mass is 625 g/mol. The summed E-state index contributed by atoms with van der Waals surface area (Å²) in [4.78, 5) is 17.8. The minimum absolute atomic E-state index is 0.0295. The van der Waals surface area contributed by atoms with E-state index in [2.05, 4.69) is 35.2 Å². The normalized spacial score (nSPS) is 24.9. The van der Waals surface area contributed by atoms with Crippen molar-refractivity contribution < 1.29 is 22.7 Å². The summed E-state index contributed by atoms with van der Waals surface area (Å²) in [6.07, 6.45) is 9.51. The first-order chi connectivity index (χ1) is 21.2. The zero-order chi connectivity index (χ0) is 31.3. The molecule has 242 valence electrons. The number of carbonyl (C=O) groups is 1. The van der Waals surface area contributed by atoms with Gasteiger partial charge in [0, 0.05) is 44.8 Å². The van der Waals surface area contributed by atoms with Crippen LogP contribution in [0.15, 0.2) is 47.4 Å². The van der Waals surface area contributed by atoms with Crippen LogP contribution in [-0.2, 0) is 25.1 Å². The van der Waals surface area contributed by atoms with Crippen LogP contribution < -0.4 is 4.74 Å². The Morgan fingerprint density at radius 1 is 0.977 bits per heavy atom. The molecule has 0 bridgehead atoms. The number of ether oxygens (including phenoxy) is 2. The van der Waals surface area contributed by atoms with Gasteiger partial charge in [-0.25, -0.2) is 8.42 Å². The lowest BCUT2D eigenvalue weighted by Gasteiger charge is -2.52. The van der Waals surface area contributed by atoms with E-state index in [0.29, 0.717) is 34.2 Å². The molecule has 2 heterocycles. The lowest BCUT2D eigenvalue weighted by Crippen LogP contribution is -2.54. The summed E-state index contributed by atoms with van der Waals surface area (Å²) in [5, 5.41) is 0. The fourth-order valence-corrected chi connectivity index (χ4v) is 9.72. The van der Waals surface area contributed by atoms with Crippen LogP contribution in [0.5, 0.6) is 5.75 Å². The number of amides is 1. The summed E-state index contributed by atoms with van der Waals surface area (Å²) < 4.78 is 40.4. The Bertz CT molecular complexity index is 1350. The molecule has 1 unspecified atom stereocenters. The second kappa shape index (κ2) is 14.3. The summed E-state index contributed by atoms with van der Waals surface area (Å²) >= 11 is 0. The second-order valence-electron chi connectivity index (χ2n) is 13.2. The van der Waals surface area contributed by atoms with Gasteiger partial charge in [0.2, 0.25) is 15.9 Å². The van der Waals surface area contributed by atoms with Gasteiger partial charge >= 0.3 is 0 Å². The van der Waals surface area contributed by atoms with Gasteiger partial charge in [-0.05, 0) is 100.0 Å². The molecule has 2 saturated heterocycles. The van der Waals surface area contributed by atoms with Crippen molar-refractivity contribution in [2.75, 3.05) is 53.6 Å². The van der Waals surface area contributed by atoms with Gasteiger partial charge in [0.15, 0.2) is 0 Å². The molecule has 0 radical (unpaired) electrons. The van der Waals surface area contributed by atoms with Crippen molar-refractivity contribution in [1.82, 2.24) is 14.1 Å². The number of hydrogen-bond donors (Lipinski definition) is 0. The molecule has 2 aromatic carbocycles. The Hall–Kier alpha value is -2.46. The van der Waals surface area contributed by atoms with Crippen LogP contribution in [0, 0.1) is 19.8 Å². The number of rotatable bonds is 12.